The zero-order chi connectivity index (χ0) is 25.0. The van der Waals surface area contributed by atoms with Crippen molar-refractivity contribution in [1.82, 2.24) is 0 Å². The molecule has 4 aliphatic heterocycles. The predicted octanol–water partition coefficient (Wildman–Crippen LogP) is 4.88. The monoisotopic (exact) mass is 489 g/mol. The molecule has 1 aliphatic carbocycles. The number of nitrogens with zero attached hydrogens (tertiary/aromatic N) is 1. The highest BCUT2D eigenvalue weighted by atomic mass is 17.3. The Labute approximate surface area is 205 Å². The van der Waals surface area contributed by atoms with Crippen LogP contribution in [0.1, 0.15) is 71.3 Å². The van der Waals surface area contributed by atoms with Crippen molar-refractivity contribution < 1.29 is 33.7 Å². The molecular formula is C26H35NO8. The molecule has 9 heteroatoms. The maximum absolute atomic E-state index is 12.7. The lowest BCUT2D eigenvalue weighted by molar-refractivity contribution is -0.571. The van der Waals surface area contributed by atoms with E-state index < -0.39 is 22.6 Å². The molecule has 0 radical (unpaired) electrons. The standard InChI is InChI=1S/C26H35NO8/c1-5-31-22(28)14-19(17-7-9-18(10-8-17)27(29)30)23-16(3)21-11-6-15(2)20-12-13-25(4)33-24(32-23)26(20,21)35-34-25/h7-10,15-16,19-21,23-24H,5-6,11-14H2,1-4H3/t15-,16-,19-,20+,21+,23+,24-,25-,26?/m1/s1. The molecule has 5 aliphatic rings. The first-order valence-electron chi connectivity index (χ1n) is 12.8. The van der Waals surface area contributed by atoms with Gasteiger partial charge in [0.05, 0.1) is 24.1 Å². The van der Waals surface area contributed by atoms with Crippen LogP contribution in [0.15, 0.2) is 24.3 Å². The van der Waals surface area contributed by atoms with Gasteiger partial charge >= 0.3 is 5.97 Å². The average molecular weight is 490 g/mol. The van der Waals surface area contributed by atoms with Gasteiger partial charge in [-0.2, -0.15) is 0 Å². The number of carbonyl (C=O) groups excluding carboxylic acids is 1. The van der Waals surface area contributed by atoms with E-state index in [0.29, 0.717) is 5.92 Å². The molecule has 1 saturated carbocycles. The summed E-state index contributed by atoms with van der Waals surface area (Å²) < 4.78 is 18.5. The van der Waals surface area contributed by atoms with Crippen molar-refractivity contribution in [2.45, 2.75) is 89.5 Å². The van der Waals surface area contributed by atoms with Crippen LogP contribution in [0.4, 0.5) is 5.69 Å². The first-order chi connectivity index (χ1) is 16.7. The Balaban J connectivity index is 1.52. The molecule has 9 nitrogen and oxygen atoms in total. The summed E-state index contributed by atoms with van der Waals surface area (Å²) in [6, 6.07) is 6.39. The molecule has 4 saturated heterocycles. The van der Waals surface area contributed by atoms with Crippen LogP contribution in [-0.4, -0.2) is 41.3 Å². The third-order valence-electron chi connectivity index (χ3n) is 8.83. The van der Waals surface area contributed by atoms with Gasteiger partial charge in [-0.15, -0.1) is 0 Å². The van der Waals surface area contributed by atoms with Gasteiger partial charge in [0.25, 0.3) is 5.69 Å². The summed E-state index contributed by atoms with van der Waals surface area (Å²) in [4.78, 5) is 35.6. The molecule has 1 unspecified atom stereocenters. The van der Waals surface area contributed by atoms with Gasteiger partial charge < -0.3 is 14.2 Å². The number of rotatable bonds is 6. The number of ether oxygens (including phenoxy) is 3. The fraction of sp³-hybridized carbons (Fsp3) is 0.731. The Morgan fingerprint density at radius 3 is 2.60 bits per heavy atom. The number of benzene rings is 1. The van der Waals surface area contributed by atoms with E-state index in [2.05, 4.69) is 13.8 Å². The largest absolute Gasteiger partial charge is 0.466 e. The van der Waals surface area contributed by atoms with Gasteiger partial charge in [0.1, 0.15) is 0 Å². The molecule has 35 heavy (non-hydrogen) atoms. The molecule has 192 valence electrons. The van der Waals surface area contributed by atoms with Crippen LogP contribution < -0.4 is 0 Å². The summed E-state index contributed by atoms with van der Waals surface area (Å²) in [5.41, 5.74) is 0.125. The summed E-state index contributed by atoms with van der Waals surface area (Å²) >= 11 is 0. The van der Waals surface area contributed by atoms with Crippen LogP contribution >= 0.6 is 0 Å². The minimum absolute atomic E-state index is 0.00666. The van der Waals surface area contributed by atoms with Gasteiger partial charge in [-0.1, -0.05) is 26.0 Å². The molecule has 2 bridgehead atoms. The number of fused-ring (bicyclic) bond motifs is 2. The minimum Gasteiger partial charge on any atom is -0.466 e. The van der Waals surface area contributed by atoms with Crippen LogP contribution in [0, 0.1) is 33.8 Å². The quantitative estimate of drug-likeness (QED) is 0.241. The molecule has 0 N–H and O–H groups in total. The maximum atomic E-state index is 12.7. The summed E-state index contributed by atoms with van der Waals surface area (Å²) in [6.45, 7) is 8.38. The first-order valence-corrected chi connectivity index (χ1v) is 12.8. The summed E-state index contributed by atoms with van der Waals surface area (Å²) in [7, 11) is 0. The van der Waals surface area contributed by atoms with Crippen LogP contribution in [0.5, 0.6) is 0 Å². The second kappa shape index (κ2) is 9.10. The van der Waals surface area contributed by atoms with Gasteiger partial charge in [-0.3, -0.25) is 14.9 Å². The molecule has 9 atom stereocenters. The number of hydrogen-bond acceptors (Lipinski definition) is 8. The van der Waals surface area contributed by atoms with Gasteiger partial charge in [0, 0.05) is 30.4 Å². The smallest absolute Gasteiger partial charge is 0.306 e. The maximum Gasteiger partial charge on any atom is 0.306 e. The minimum atomic E-state index is -0.882. The zero-order valence-electron chi connectivity index (χ0n) is 20.8. The molecule has 0 aromatic heterocycles. The Morgan fingerprint density at radius 2 is 1.91 bits per heavy atom. The van der Waals surface area contributed by atoms with Crippen molar-refractivity contribution in [2.24, 2.45) is 23.7 Å². The molecule has 1 aromatic rings. The highest BCUT2D eigenvalue weighted by Crippen LogP contribution is 2.61. The van der Waals surface area contributed by atoms with Crippen LogP contribution in [0.2, 0.25) is 0 Å². The highest BCUT2D eigenvalue weighted by molar-refractivity contribution is 5.70. The fourth-order valence-electron chi connectivity index (χ4n) is 7.06. The summed E-state index contributed by atoms with van der Waals surface area (Å²) in [5, 5.41) is 11.2. The molecular weight excluding hydrogens is 454 g/mol. The Kier molecular flexibility index (Phi) is 6.40. The average Bonchev–Trinajstić information content (AvgIpc) is 3.06. The Hall–Kier alpha value is -2.07. The third-order valence-corrected chi connectivity index (χ3v) is 8.83. The Bertz CT molecular complexity index is 969. The van der Waals surface area contributed by atoms with Crippen LogP contribution in [-0.2, 0) is 28.8 Å². The summed E-state index contributed by atoms with van der Waals surface area (Å²) in [5.74, 6) is -0.688. The van der Waals surface area contributed by atoms with E-state index in [1.807, 2.05) is 6.92 Å². The van der Waals surface area contributed by atoms with E-state index in [9.17, 15) is 14.9 Å². The van der Waals surface area contributed by atoms with Crippen molar-refractivity contribution in [3.63, 3.8) is 0 Å². The third kappa shape index (κ3) is 4.06. The van der Waals surface area contributed by atoms with Crippen molar-refractivity contribution in [3.8, 4) is 0 Å². The second-order valence-corrected chi connectivity index (χ2v) is 10.8. The van der Waals surface area contributed by atoms with Crippen molar-refractivity contribution in [1.29, 1.82) is 0 Å². The van der Waals surface area contributed by atoms with Gasteiger partial charge in [0.2, 0.25) is 5.79 Å². The van der Waals surface area contributed by atoms with E-state index in [1.165, 1.54) is 12.1 Å². The van der Waals surface area contributed by atoms with Gasteiger partial charge in [-0.05, 0) is 56.4 Å². The van der Waals surface area contributed by atoms with Gasteiger partial charge in [-0.25, -0.2) is 9.78 Å². The molecule has 6 rings (SSSR count). The number of hydrogen-bond donors (Lipinski definition) is 0. The van der Waals surface area contributed by atoms with E-state index in [-0.39, 0.29) is 54.5 Å². The van der Waals surface area contributed by atoms with Crippen LogP contribution in [0.3, 0.4) is 0 Å². The van der Waals surface area contributed by atoms with E-state index in [1.54, 1.807) is 19.1 Å². The lowest BCUT2D eigenvalue weighted by Crippen LogP contribution is -2.70. The molecule has 1 spiro atoms. The molecule has 0 amide bonds. The number of nitro benzene ring substituents is 1. The predicted molar refractivity (Wildman–Crippen MR) is 124 cm³/mol. The normalized spacial score (nSPS) is 40.9. The molecule has 5 fully saturated rings. The SMILES string of the molecule is CCOC(=O)C[C@H](c1ccc([N+](=O)[O-])cc1)[C@H]1O[C@@H]2O[C@@]3(C)CC[C@H]4[C@H](C)CC[C@@H]([C@H]1C)C24OO3. The zero-order valence-corrected chi connectivity index (χ0v) is 20.8. The van der Waals surface area contributed by atoms with E-state index in [4.69, 9.17) is 24.0 Å². The molecule has 1 aromatic carbocycles. The van der Waals surface area contributed by atoms with Crippen LogP contribution in [0.25, 0.3) is 0 Å². The van der Waals surface area contributed by atoms with E-state index >= 15 is 0 Å². The first kappa shape index (κ1) is 24.6. The summed E-state index contributed by atoms with van der Waals surface area (Å²) in [6.07, 6.45) is 2.84. The Morgan fingerprint density at radius 1 is 1.17 bits per heavy atom. The highest BCUT2D eigenvalue weighted by Gasteiger charge is 2.69. The number of nitro groups is 1. The molecule has 4 heterocycles. The van der Waals surface area contributed by atoms with Crippen molar-refractivity contribution in [2.75, 3.05) is 6.61 Å². The lowest BCUT2D eigenvalue weighted by atomic mass is 9.56. The number of carbonyl (C=O) groups is 1. The van der Waals surface area contributed by atoms with Gasteiger partial charge in [0.15, 0.2) is 11.9 Å². The van der Waals surface area contributed by atoms with Crippen molar-refractivity contribution >= 4 is 11.7 Å². The fourth-order valence-corrected chi connectivity index (χ4v) is 7.06. The number of esters is 1. The van der Waals surface area contributed by atoms with E-state index in [0.717, 1.165) is 31.2 Å². The number of non-ortho nitro benzene ring substituents is 1. The lowest BCUT2D eigenvalue weighted by Gasteiger charge is -2.61. The van der Waals surface area contributed by atoms with Crippen molar-refractivity contribution in [3.05, 3.63) is 39.9 Å². The topological polar surface area (TPSA) is 106 Å². The second-order valence-electron chi connectivity index (χ2n) is 10.8.